The molecule has 164 valence electrons. The number of aryl methyl sites for hydroxylation is 2. The third-order valence-electron chi connectivity index (χ3n) is 5.23. The minimum Gasteiger partial charge on any atom is -0.506 e. The molecule has 0 aromatic heterocycles. The van der Waals surface area contributed by atoms with Crippen LogP contribution in [0.1, 0.15) is 33.4 Å². The Morgan fingerprint density at radius 1 is 0.545 bits per heavy atom. The van der Waals surface area contributed by atoms with Crippen molar-refractivity contribution in [2.24, 2.45) is 0 Å². The van der Waals surface area contributed by atoms with E-state index in [2.05, 4.69) is 0 Å². The summed E-state index contributed by atoms with van der Waals surface area (Å²) in [6.07, 6.45) is 7.82. The van der Waals surface area contributed by atoms with Crippen molar-refractivity contribution in [3.8, 4) is 11.5 Å². The number of hydrogen-bond acceptors (Lipinski definition) is 3. The molecule has 0 unspecified atom stereocenters. The molecule has 0 bridgehead atoms. The highest BCUT2D eigenvalue weighted by Crippen LogP contribution is 2.43. The zero-order valence-electron chi connectivity index (χ0n) is 18.7. The Morgan fingerprint density at radius 2 is 0.939 bits per heavy atom. The van der Waals surface area contributed by atoms with Crippen LogP contribution in [-0.2, 0) is 0 Å². The van der Waals surface area contributed by atoms with Crippen molar-refractivity contribution in [1.29, 1.82) is 0 Å². The number of phenolic OH excluding ortho intramolecular Hbond substituents is 2. The summed E-state index contributed by atoms with van der Waals surface area (Å²) >= 11 is 1.37. The second-order valence-electron chi connectivity index (χ2n) is 7.99. The van der Waals surface area contributed by atoms with Gasteiger partial charge in [0.25, 0.3) is 0 Å². The van der Waals surface area contributed by atoms with Gasteiger partial charge in [-0.2, -0.15) is 0 Å². The van der Waals surface area contributed by atoms with Crippen molar-refractivity contribution >= 4 is 36.1 Å². The van der Waals surface area contributed by atoms with Gasteiger partial charge in [-0.05, 0) is 60.4 Å². The fraction of sp³-hybridized carbons (Fsp3) is 0.0667. The number of aromatic hydroxyl groups is 2. The van der Waals surface area contributed by atoms with E-state index in [1.54, 1.807) is 0 Å². The normalized spacial score (nSPS) is 11.5. The van der Waals surface area contributed by atoms with E-state index in [1.807, 2.05) is 123 Å². The molecule has 4 aromatic rings. The lowest BCUT2D eigenvalue weighted by Gasteiger charge is -2.12. The molecule has 0 saturated heterocycles. The second-order valence-corrected chi connectivity index (χ2v) is 9.08. The molecule has 2 nitrogen and oxygen atoms in total. The molecule has 0 saturated carbocycles. The number of benzene rings is 4. The van der Waals surface area contributed by atoms with Crippen LogP contribution in [0, 0.1) is 13.8 Å². The van der Waals surface area contributed by atoms with Crippen LogP contribution in [-0.4, -0.2) is 10.2 Å². The predicted octanol–water partition coefficient (Wildman–Crippen LogP) is 8.21. The van der Waals surface area contributed by atoms with Crippen LogP contribution in [0.2, 0.25) is 0 Å². The predicted molar refractivity (Wildman–Crippen MR) is 141 cm³/mol. The smallest absolute Gasteiger partial charge is 0.136 e. The Kier molecular flexibility index (Phi) is 7.01. The van der Waals surface area contributed by atoms with E-state index in [4.69, 9.17) is 0 Å². The average molecular weight is 451 g/mol. The Morgan fingerprint density at radius 3 is 1.33 bits per heavy atom. The molecular formula is C30H26O2S. The van der Waals surface area contributed by atoms with Crippen molar-refractivity contribution in [2.45, 2.75) is 23.6 Å². The summed E-state index contributed by atoms with van der Waals surface area (Å²) in [4.78, 5) is 1.42. The number of rotatable bonds is 6. The van der Waals surface area contributed by atoms with Crippen molar-refractivity contribution < 1.29 is 10.2 Å². The molecule has 4 aromatic carbocycles. The van der Waals surface area contributed by atoms with Crippen molar-refractivity contribution in [1.82, 2.24) is 0 Å². The zero-order valence-corrected chi connectivity index (χ0v) is 19.5. The summed E-state index contributed by atoms with van der Waals surface area (Å²) in [6.45, 7) is 4.01. The van der Waals surface area contributed by atoms with Crippen molar-refractivity contribution in [2.75, 3.05) is 0 Å². The first-order valence-electron chi connectivity index (χ1n) is 10.8. The summed E-state index contributed by atoms with van der Waals surface area (Å²) in [7, 11) is 0. The van der Waals surface area contributed by atoms with E-state index in [0.717, 1.165) is 33.4 Å². The third-order valence-corrected chi connectivity index (χ3v) is 6.29. The topological polar surface area (TPSA) is 40.5 Å². The molecule has 0 amide bonds. The van der Waals surface area contributed by atoms with E-state index in [9.17, 15) is 10.2 Å². The average Bonchev–Trinajstić information content (AvgIpc) is 2.82. The molecular weight excluding hydrogens is 424 g/mol. The molecule has 0 radical (unpaired) electrons. The maximum atomic E-state index is 11.0. The summed E-state index contributed by atoms with van der Waals surface area (Å²) in [6, 6.07) is 27.8. The van der Waals surface area contributed by atoms with E-state index >= 15 is 0 Å². The summed E-state index contributed by atoms with van der Waals surface area (Å²) in [5.41, 5.74) is 5.71. The number of phenols is 2. The van der Waals surface area contributed by atoms with Crippen LogP contribution in [0.15, 0.2) is 94.7 Å². The lowest BCUT2D eigenvalue weighted by molar-refractivity contribution is 0.458. The fourth-order valence-electron chi connectivity index (χ4n) is 3.57. The van der Waals surface area contributed by atoms with Crippen LogP contribution in [0.3, 0.4) is 0 Å². The highest BCUT2D eigenvalue weighted by Gasteiger charge is 2.13. The lowest BCUT2D eigenvalue weighted by Crippen LogP contribution is -1.87. The van der Waals surface area contributed by atoms with Gasteiger partial charge in [-0.3, -0.25) is 0 Å². The molecule has 3 heteroatoms. The SMILES string of the molecule is Cc1cc(/C=C/c2ccccc2)c(O)c(Sc2cc(C)cc(/C=C/c3ccccc3)c2O)c1. The van der Waals surface area contributed by atoms with Crippen LogP contribution >= 0.6 is 11.8 Å². The molecule has 0 aliphatic carbocycles. The lowest BCUT2D eigenvalue weighted by atomic mass is 10.1. The first-order chi connectivity index (χ1) is 16.0. The molecule has 33 heavy (non-hydrogen) atoms. The highest BCUT2D eigenvalue weighted by molar-refractivity contribution is 7.99. The van der Waals surface area contributed by atoms with Crippen LogP contribution in [0.4, 0.5) is 0 Å². The van der Waals surface area contributed by atoms with Crippen LogP contribution < -0.4 is 0 Å². The van der Waals surface area contributed by atoms with Gasteiger partial charge >= 0.3 is 0 Å². The second kappa shape index (κ2) is 10.3. The Hall–Kier alpha value is -3.69. The Bertz CT molecular complexity index is 1200. The molecule has 0 atom stereocenters. The standard InChI is InChI=1S/C30H26O2S/c1-21-17-25(15-13-23-9-5-3-6-10-23)29(31)27(19-21)33-28-20-22(2)18-26(30(28)32)16-14-24-11-7-4-8-12-24/h3-20,31-32H,1-2H3/b15-13+,16-14+. The molecule has 0 aliphatic heterocycles. The summed E-state index contributed by atoms with van der Waals surface area (Å²) in [5.74, 6) is 0.417. The van der Waals surface area contributed by atoms with Gasteiger partial charge in [0.1, 0.15) is 11.5 Å². The molecule has 0 spiro atoms. The molecule has 0 aliphatic rings. The maximum Gasteiger partial charge on any atom is 0.136 e. The van der Waals surface area contributed by atoms with Gasteiger partial charge in [0, 0.05) is 11.1 Å². The molecule has 0 heterocycles. The quantitative estimate of drug-likeness (QED) is 0.291. The monoisotopic (exact) mass is 450 g/mol. The summed E-state index contributed by atoms with van der Waals surface area (Å²) in [5, 5.41) is 21.9. The fourth-order valence-corrected chi connectivity index (χ4v) is 4.73. The minimum atomic E-state index is 0.208. The van der Waals surface area contributed by atoms with Gasteiger partial charge in [0.15, 0.2) is 0 Å². The van der Waals surface area contributed by atoms with Crippen molar-refractivity contribution in [3.63, 3.8) is 0 Å². The van der Waals surface area contributed by atoms with E-state index in [1.165, 1.54) is 11.8 Å². The largest absolute Gasteiger partial charge is 0.506 e. The van der Waals surface area contributed by atoms with Gasteiger partial charge in [-0.1, -0.05) is 96.7 Å². The Balaban J connectivity index is 1.65. The van der Waals surface area contributed by atoms with Gasteiger partial charge in [0.2, 0.25) is 0 Å². The summed E-state index contributed by atoms with van der Waals surface area (Å²) < 4.78 is 0. The molecule has 2 N–H and O–H groups in total. The van der Waals surface area contributed by atoms with Gasteiger partial charge in [0.05, 0.1) is 9.79 Å². The first-order valence-corrected chi connectivity index (χ1v) is 11.6. The van der Waals surface area contributed by atoms with Crippen molar-refractivity contribution in [3.05, 3.63) is 118 Å². The zero-order chi connectivity index (χ0) is 23.2. The van der Waals surface area contributed by atoms with Gasteiger partial charge < -0.3 is 10.2 Å². The third kappa shape index (κ3) is 5.76. The van der Waals surface area contributed by atoms with Crippen LogP contribution in [0.25, 0.3) is 24.3 Å². The van der Waals surface area contributed by atoms with Gasteiger partial charge in [-0.25, -0.2) is 0 Å². The minimum absolute atomic E-state index is 0.208. The van der Waals surface area contributed by atoms with Crippen LogP contribution in [0.5, 0.6) is 11.5 Å². The number of hydrogen-bond donors (Lipinski definition) is 2. The first kappa shape index (κ1) is 22.5. The molecule has 0 fully saturated rings. The van der Waals surface area contributed by atoms with E-state index in [0.29, 0.717) is 9.79 Å². The maximum absolute atomic E-state index is 11.0. The van der Waals surface area contributed by atoms with Gasteiger partial charge in [-0.15, -0.1) is 0 Å². The van der Waals surface area contributed by atoms with E-state index < -0.39 is 0 Å². The Labute approximate surface area is 199 Å². The van der Waals surface area contributed by atoms with E-state index in [-0.39, 0.29) is 11.5 Å². The molecule has 4 rings (SSSR count). The highest BCUT2D eigenvalue weighted by atomic mass is 32.2.